The highest BCUT2D eigenvalue weighted by atomic mass is 32.2. The Morgan fingerprint density at radius 3 is 2.14 bits per heavy atom. The molecular formula is C24H22N2OS. The number of benzene rings is 3. The van der Waals surface area contributed by atoms with Crippen LogP contribution < -0.4 is 10.2 Å². The average molecular weight is 387 g/mol. The van der Waals surface area contributed by atoms with E-state index >= 15 is 0 Å². The summed E-state index contributed by atoms with van der Waals surface area (Å²) < 4.78 is 0. The zero-order valence-electron chi connectivity index (χ0n) is 15.5. The summed E-state index contributed by atoms with van der Waals surface area (Å²) in [6, 6.07) is 26.8. The molecule has 0 fully saturated rings. The maximum absolute atomic E-state index is 12.0. The SMILES string of the molecule is O=C(C=Cc1ccccc1)NCCCN1c2ccccc2Sc2ccccc21. The standard InChI is InChI=1S/C24H22N2OS/c27-24(16-15-19-9-2-1-3-10-19)25-17-8-18-26-20-11-4-6-13-22(20)28-23-14-7-5-12-21(23)26/h1-7,9-16H,8,17-18H2,(H,25,27). The van der Waals surface area contributed by atoms with Crippen molar-refractivity contribution in [3.63, 3.8) is 0 Å². The first kappa shape index (κ1) is 18.4. The molecule has 0 unspecified atom stereocenters. The second-order valence-electron chi connectivity index (χ2n) is 6.58. The van der Waals surface area contributed by atoms with Gasteiger partial charge in [-0.15, -0.1) is 0 Å². The lowest BCUT2D eigenvalue weighted by atomic mass is 10.2. The topological polar surface area (TPSA) is 32.3 Å². The first-order valence-electron chi connectivity index (χ1n) is 9.46. The Balaban J connectivity index is 1.35. The molecule has 140 valence electrons. The fourth-order valence-corrected chi connectivity index (χ4v) is 4.36. The van der Waals surface area contributed by atoms with Crippen molar-refractivity contribution in [1.82, 2.24) is 5.32 Å². The van der Waals surface area contributed by atoms with E-state index in [0.29, 0.717) is 6.54 Å². The number of carbonyl (C=O) groups is 1. The number of anilines is 2. The van der Waals surface area contributed by atoms with Crippen molar-refractivity contribution in [3.05, 3.63) is 90.5 Å². The first-order valence-corrected chi connectivity index (χ1v) is 10.3. The van der Waals surface area contributed by atoms with Crippen LogP contribution in [0.2, 0.25) is 0 Å². The number of para-hydroxylation sites is 2. The largest absolute Gasteiger partial charge is 0.352 e. The van der Waals surface area contributed by atoms with Gasteiger partial charge in [0, 0.05) is 29.0 Å². The fourth-order valence-electron chi connectivity index (χ4n) is 3.27. The van der Waals surface area contributed by atoms with E-state index < -0.39 is 0 Å². The van der Waals surface area contributed by atoms with Gasteiger partial charge in [0.25, 0.3) is 0 Å². The summed E-state index contributed by atoms with van der Waals surface area (Å²) in [5.41, 5.74) is 3.50. The zero-order valence-corrected chi connectivity index (χ0v) is 16.4. The zero-order chi connectivity index (χ0) is 19.2. The van der Waals surface area contributed by atoms with Gasteiger partial charge in [0.2, 0.25) is 5.91 Å². The third-order valence-electron chi connectivity index (χ3n) is 4.62. The molecule has 3 aromatic rings. The summed E-state index contributed by atoms with van der Waals surface area (Å²) in [4.78, 5) is 17.0. The number of amides is 1. The molecule has 4 rings (SSSR count). The van der Waals surface area contributed by atoms with Crippen molar-refractivity contribution in [2.24, 2.45) is 0 Å². The molecular weight excluding hydrogens is 364 g/mol. The quantitative estimate of drug-likeness (QED) is 0.448. The summed E-state index contributed by atoms with van der Waals surface area (Å²) in [6.45, 7) is 1.50. The van der Waals surface area contributed by atoms with Crippen molar-refractivity contribution in [1.29, 1.82) is 0 Å². The molecule has 0 aromatic heterocycles. The van der Waals surface area contributed by atoms with Crippen LogP contribution in [0.1, 0.15) is 12.0 Å². The van der Waals surface area contributed by atoms with Gasteiger partial charge in [-0.05, 0) is 42.3 Å². The van der Waals surface area contributed by atoms with Crippen LogP contribution in [0.3, 0.4) is 0 Å². The maximum Gasteiger partial charge on any atom is 0.244 e. The predicted molar refractivity (Wildman–Crippen MR) is 117 cm³/mol. The lowest BCUT2D eigenvalue weighted by Gasteiger charge is -2.32. The molecule has 4 heteroatoms. The molecule has 0 bridgehead atoms. The fraction of sp³-hybridized carbons (Fsp3) is 0.125. The van der Waals surface area contributed by atoms with Crippen LogP contribution in [-0.4, -0.2) is 19.0 Å². The number of hydrogen-bond acceptors (Lipinski definition) is 3. The summed E-state index contributed by atoms with van der Waals surface area (Å²) in [6.07, 6.45) is 4.30. The van der Waals surface area contributed by atoms with Crippen LogP contribution >= 0.6 is 11.8 Å². The van der Waals surface area contributed by atoms with Gasteiger partial charge in [0.05, 0.1) is 11.4 Å². The normalized spacial score (nSPS) is 12.5. The second kappa shape index (κ2) is 8.81. The minimum absolute atomic E-state index is 0.0566. The van der Waals surface area contributed by atoms with Crippen molar-refractivity contribution in [3.8, 4) is 0 Å². The van der Waals surface area contributed by atoms with Gasteiger partial charge in [-0.3, -0.25) is 4.79 Å². The molecule has 28 heavy (non-hydrogen) atoms. The lowest BCUT2D eigenvalue weighted by Crippen LogP contribution is -2.27. The third kappa shape index (κ3) is 4.29. The average Bonchev–Trinajstić information content (AvgIpc) is 2.75. The Bertz CT molecular complexity index is 939. The minimum Gasteiger partial charge on any atom is -0.352 e. The van der Waals surface area contributed by atoms with Gasteiger partial charge in [0.15, 0.2) is 0 Å². The molecule has 0 spiro atoms. The van der Waals surface area contributed by atoms with Crippen molar-refractivity contribution < 1.29 is 4.79 Å². The van der Waals surface area contributed by atoms with E-state index in [4.69, 9.17) is 0 Å². The van der Waals surface area contributed by atoms with Crippen LogP contribution in [0.4, 0.5) is 11.4 Å². The van der Waals surface area contributed by atoms with E-state index in [1.54, 1.807) is 6.08 Å². The Hall–Kier alpha value is -2.98. The summed E-state index contributed by atoms with van der Waals surface area (Å²) >= 11 is 1.81. The van der Waals surface area contributed by atoms with Crippen LogP contribution in [-0.2, 0) is 4.79 Å². The Morgan fingerprint density at radius 2 is 1.46 bits per heavy atom. The highest BCUT2D eigenvalue weighted by Gasteiger charge is 2.22. The smallest absolute Gasteiger partial charge is 0.244 e. The van der Waals surface area contributed by atoms with E-state index in [0.717, 1.165) is 18.5 Å². The van der Waals surface area contributed by atoms with E-state index in [1.807, 2.05) is 48.2 Å². The van der Waals surface area contributed by atoms with Crippen molar-refractivity contribution >= 4 is 35.1 Å². The highest BCUT2D eigenvalue weighted by Crippen LogP contribution is 2.47. The van der Waals surface area contributed by atoms with Gasteiger partial charge < -0.3 is 10.2 Å². The monoisotopic (exact) mass is 386 g/mol. The van der Waals surface area contributed by atoms with Crippen LogP contribution in [0.5, 0.6) is 0 Å². The van der Waals surface area contributed by atoms with Crippen LogP contribution in [0, 0.1) is 0 Å². The number of fused-ring (bicyclic) bond motifs is 2. The summed E-state index contributed by atoms with van der Waals surface area (Å²) in [5, 5.41) is 2.98. The molecule has 1 N–H and O–H groups in total. The second-order valence-corrected chi connectivity index (χ2v) is 7.66. The van der Waals surface area contributed by atoms with E-state index in [2.05, 4.69) is 58.7 Å². The van der Waals surface area contributed by atoms with Gasteiger partial charge in [-0.1, -0.05) is 66.4 Å². The third-order valence-corrected chi connectivity index (χ3v) is 5.75. The van der Waals surface area contributed by atoms with E-state index in [9.17, 15) is 4.79 Å². The maximum atomic E-state index is 12.0. The van der Waals surface area contributed by atoms with Gasteiger partial charge >= 0.3 is 0 Å². The van der Waals surface area contributed by atoms with Crippen LogP contribution in [0.25, 0.3) is 6.08 Å². The van der Waals surface area contributed by atoms with Gasteiger partial charge in [-0.2, -0.15) is 0 Å². The number of rotatable bonds is 6. The van der Waals surface area contributed by atoms with Crippen molar-refractivity contribution in [2.75, 3.05) is 18.0 Å². The number of nitrogens with zero attached hydrogens (tertiary/aromatic N) is 1. The van der Waals surface area contributed by atoms with Gasteiger partial charge in [0.1, 0.15) is 0 Å². The molecule has 0 aliphatic carbocycles. The van der Waals surface area contributed by atoms with Crippen LogP contribution in [0.15, 0.2) is 94.7 Å². The molecule has 0 radical (unpaired) electrons. The first-order chi connectivity index (χ1) is 13.8. The number of nitrogens with one attached hydrogen (secondary N) is 1. The lowest BCUT2D eigenvalue weighted by molar-refractivity contribution is -0.116. The Morgan fingerprint density at radius 1 is 0.857 bits per heavy atom. The van der Waals surface area contributed by atoms with E-state index in [-0.39, 0.29) is 5.91 Å². The summed E-state index contributed by atoms with van der Waals surface area (Å²) in [7, 11) is 0. The highest BCUT2D eigenvalue weighted by molar-refractivity contribution is 7.99. The molecule has 1 heterocycles. The number of carbonyl (C=O) groups excluding carboxylic acids is 1. The van der Waals surface area contributed by atoms with Crippen molar-refractivity contribution in [2.45, 2.75) is 16.2 Å². The molecule has 3 aromatic carbocycles. The predicted octanol–water partition coefficient (Wildman–Crippen LogP) is 5.51. The Kier molecular flexibility index (Phi) is 5.78. The molecule has 1 aliphatic rings. The molecule has 0 atom stereocenters. The molecule has 1 amide bonds. The van der Waals surface area contributed by atoms with Gasteiger partial charge in [-0.25, -0.2) is 0 Å². The molecule has 1 aliphatic heterocycles. The molecule has 0 saturated heterocycles. The minimum atomic E-state index is -0.0566. The molecule has 0 saturated carbocycles. The Labute approximate surface area is 170 Å². The molecule has 3 nitrogen and oxygen atoms in total. The van der Waals surface area contributed by atoms with E-state index in [1.165, 1.54) is 21.2 Å². The number of hydrogen-bond donors (Lipinski definition) is 1. The summed E-state index contributed by atoms with van der Waals surface area (Å²) in [5.74, 6) is -0.0566.